The van der Waals surface area contributed by atoms with Gasteiger partial charge in [0.25, 0.3) is 5.56 Å². The molecule has 0 radical (unpaired) electrons. The summed E-state index contributed by atoms with van der Waals surface area (Å²) in [5.74, 6) is 0. The molecule has 0 amide bonds. The Morgan fingerprint density at radius 1 is 1.40 bits per heavy atom. The van der Waals surface area contributed by atoms with E-state index in [1.807, 2.05) is 13.8 Å². The molecule has 5 nitrogen and oxygen atoms in total. The molecule has 0 spiro atoms. The van der Waals surface area contributed by atoms with Gasteiger partial charge in [-0.05, 0) is 39.9 Å². The van der Waals surface area contributed by atoms with Gasteiger partial charge in [0.05, 0.1) is 17.9 Å². The van der Waals surface area contributed by atoms with E-state index in [0.29, 0.717) is 5.69 Å². The number of aromatic nitrogens is 2. The maximum absolute atomic E-state index is 12.0. The van der Waals surface area contributed by atoms with Crippen molar-refractivity contribution in [2.45, 2.75) is 40.2 Å². The lowest BCUT2D eigenvalue weighted by molar-refractivity contribution is 0.303. The molecule has 20 heavy (non-hydrogen) atoms. The summed E-state index contributed by atoms with van der Waals surface area (Å²) in [5, 5.41) is 7.54. The van der Waals surface area contributed by atoms with Gasteiger partial charge in [-0.25, -0.2) is 4.68 Å². The van der Waals surface area contributed by atoms with Gasteiger partial charge in [0.15, 0.2) is 0 Å². The minimum atomic E-state index is -0.240. The van der Waals surface area contributed by atoms with Gasteiger partial charge in [-0.1, -0.05) is 25.4 Å². The van der Waals surface area contributed by atoms with Gasteiger partial charge in [0.2, 0.25) is 0 Å². The van der Waals surface area contributed by atoms with Crippen molar-refractivity contribution in [2.75, 3.05) is 31.5 Å². The summed E-state index contributed by atoms with van der Waals surface area (Å²) in [6.07, 6.45) is 2.63. The molecule has 1 N–H and O–H groups in total. The van der Waals surface area contributed by atoms with Gasteiger partial charge in [0.1, 0.15) is 5.02 Å². The zero-order valence-electron chi connectivity index (χ0n) is 12.8. The Balaban J connectivity index is 2.57. The lowest BCUT2D eigenvalue weighted by Gasteiger charge is -2.18. The van der Waals surface area contributed by atoms with Crippen LogP contribution in [0.5, 0.6) is 0 Å². The van der Waals surface area contributed by atoms with Gasteiger partial charge < -0.3 is 10.2 Å². The molecule has 0 aromatic carbocycles. The first-order valence-electron chi connectivity index (χ1n) is 7.24. The molecule has 0 aliphatic carbocycles. The largest absolute Gasteiger partial charge is 0.382 e. The predicted octanol–water partition coefficient (Wildman–Crippen LogP) is 2.62. The highest BCUT2D eigenvalue weighted by Crippen LogP contribution is 2.16. The second-order valence-corrected chi connectivity index (χ2v) is 5.40. The molecule has 0 atom stereocenters. The van der Waals surface area contributed by atoms with Crippen molar-refractivity contribution >= 4 is 17.3 Å². The smallest absolute Gasteiger partial charge is 0.287 e. The van der Waals surface area contributed by atoms with Gasteiger partial charge in [-0.2, -0.15) is 5.10 Å². The molecule has 1 heterocycles. The fourth-order valence-corrected chi connectivity index (χ4v) is 2.20. The van der Waals surface area contributed by atoms with Gasteiger partial charge in [-0.15, -0.1) is 0 Å². The number of hydrogen-bond acceptors (Lipinski definition) is 4. The summed E-state index contributed by atoms with van der Waals surface area (Å²) in [7, 11) is 0. The van der Waals surface area contributed by atoms with Crippen molar-refractivity contribution in [2.24, 2.45) is 0 Å². The van der Waals surface area contributed by atoms with Crippen LogP contribution < -0.4 is 10.9 Å². The number of nitrogens with one attached hydrogen (secondary N) is 1. The van der Waals surface area contributed by atoms with Crippen LogP contribution in [0.25, 0.3) is 0 Å². The molecule has 0 bridgehead atoms. The maximum atomic E-state index is 12.0. The van der Waals surface area contributed by atoms with Crippen molar-refractivity contribution in [1.29, 1.82) is 0 Å². The van der Waals surface area contributed by atoms with E-state index in [-0.39, 0.29) is 16.6 Å². The Bertz CT molecular complexity index is 469. The van der Waals surface area contributed by atoms with E-state index >= 15 is 0 Å². The van der Waals surface area contributed by atoms with Crippen LogP contribution in [-0.2, 0) is 0 Å². The SMILES string of the molecule is CCN(CC)CCCNc1cnn(C(C)C)c(=O)c1Cl. The van der Waals surface area contributed by atoms with E-state index in [2.05, 4.69) is 29.2 Å². The second-order valence-electron chi connectivity index (χ2n) is 5.02. The summed E-state index contributed by atoms with van der Waals surface area (Å²) in [5.41, 5.74) is 0.378. The fraction of sp³-hybridized carbons (Fsp3) is 0.714. The summed E-state index contributed by atoms with van der Waals surface area (Å²) in [6.45, 7) is 12.1. The molecule has 0 aliphatic heterocycles. The Morgan fingerprint density at radius 3 is 2.60 bits per heavy atom. The summed E-state index contributed by atoms with van der Waals surface area (Å²) < 4.78 is 1.39. The predicted molar refractivity (Wildman–Crippen MR) is 84.8 cm³/mol. The minimum absolute atomic E-state index is 0.0108. The van der Waals surface area contributed by atoms with Crippen molar-refractivity contribution in [3.05, 3.63) is 21.6 Å². The zero-order chi connectivity index (χ0) is 15.1. The molecule has 0 saturated heterocycles. The lowest BCUT2D eigenvalue weighted by atomic mass is 10.3. The van der Waals surface area contributed by atoms with E-state index in [4.69, 9.17) is 11.6 Å². The molecular formula is C14H25ClN4O. The van der Waals surface area contributed by atoms with Crippen molar-refractivity contribution in [3.8, 4) is 0 Å². The Labute approximate surface area is 125 Å². The van der Waals surface area contributed by atoms with Crippen molar-refractivity contribution in [1.82, 2.24) is 14.7 Å². The van der Waals surface area contributed by atoms with E-state index in [1.54, 1.807) is 6.20 Å². The van der Waals surface area contributed by atoms with E-state index in [1.165, 1.54) is 4.68 Å². The number of anilines is 1. The third kappa shape index (κ3) is 4.49. The highest BCUT2D eigenvalue weighted by atomic mass is 35.5. The molecule has 1 aromatic rings. The standard InChI is InChI=1S/C14H25ClN4O/c1-5-18(6-2)9-7-8-16-12-10-17-19(11(3)4)14(20)13(12)15/h10-11,16H,5-9H2,1-4H3. The fourth-order valence-electron chi connectivity index (χ4n) is 2.00. The number of nitrogens with zero attached hydrogens (tertiary/aromatic N) is 3. The van der Waals surface area contributed by atoms with Crippen LogP contribution in [0.4, 0.5) is 5.69 Å². The number of rotatable bonds is 8. The molecule has 0 aliphatic rings. The third-order valence-corrected chi connectivity index (χ3v) is 3.66. The highest BCUT2D eigenvalue weighted by molar-refractivity contribution is 6.32. The molecule has 1 aromatic heterocycles. The topological polar surface area (TPSA) is 50.2 Å². The van der Waals surface area contributed by atoms with E-state index < -0.39 is 0 Å². The Hall–Kier alpha value is -1.07. The van der Waals surface area contributed by atoms with Crippen LogP contribution in [0.2, 0.25) is 5.02 Å². The zero-order valence-corrected chi connectivity index (χ0v) is 13.6. The van der Waals surface area contributed by atoms with E-state index in [9.17, 15) is 4.79 Å². The molecule has 0 saturated carbocycles. The molecule has 1 rings (SSSR count). The normalized spacial score (nSPS) is 11.3. The first kappa shape index (κ1) is 17.0. The average Bonchev–Trinajstić information content (AvgIpc) is 2.43. The van der Waals surface area contributed by atoms with Crippen LogP contribution in [-0.4, -0.2) is 40.9 Å². The Morgan fingerprint density at radius 2 is 2.05 bits per heavy atom. The van der Waals surface area contributed by atoms with Crippen molar-refractivity contribution in [3.63, 3.8) is 0 Å². The molecule has 0 unspecified atom stereocenters. The second kappa shape index (κ2) is 8.27. The van der Waals surface area contributed by atoms with Gasteiger partial charge in [-0.3, -0.25) is 4.79 Å². The summed E-state index contributed by atoms with van der Waals surface area (Å²) in [6, 6.07) is 0.0108. The monoisotopic (exact) mass is 300 g/mol. The van der Waals surface area contributed by atoms with Gasteiger partial charge >= 0.3 is 0 Å². The number of halogens is 1. The molecule has 0 fully saturated rings. The van der Waals surface area contributed by atoms with Crippen LogP contribution in [0, 0.1) is 0 Å². The van der Waals surface area contributed by atoms with Crippen LogP contribution in [0.1, 0.15) is 40.2 Å². The minimum Gasteiger partial charge on any atom is -0.382 e. The molecular weight excluding hydrogens is 276 g/mol. The van der Waals surface area contributed by atoms with Crippen LogP contribution in [0.15, 0.2) is 11.0 Å². The Kier molecular flexibility index (Phi) is 7.02. The first-order chi connectivity index (χ1) is 9.51. The molecule has 114 valence electrons. The first-order valence-corrected chi connectivity index (χ1v) is 7.62. The third-order valence-electron chi connectivity index (χ3n) is 3.29. The van der Waals surface area contributed by atoms with E-state index in [0.717, 1.165) is 32.6 Å². The average molecular weight is 301 g/mol. The summed E-state index contributed by atoms with van der Waals surface area (Å²) in [4.78, 5) is 14.3. The quantitative estimate of drug-likeness (QED) is 0.750. The molecule has 6 heteroatoms. The number of hydrogen-bond donors (Lipinski definition) is 1. The van der Waals surface area contributed by atoms with Crippen LogP contribution >= 0.6 is 11.6 Å². The highest BCUT2D eigenvalue weighted by Gasteiger charge is 2.10. The maximum Gasteiger partial charge on any atom is 0.287 e. The van der Waals surface area contributed by atoms with Crippen LogP contribution in [0.3, 0.4) is 0 Å². The summed E-state index contributed by atoms with van der Waals surface area (Å²) >= 11 is 6.09. The van der Waals surface area contributed by atoms with Gasteiger partial charge in [0, 0.05) is 6.54 Å². The van der Waals surface area contributed by atoms with Crippen molar-refractivity contribution < 1.29 is 0 Å². The lowest BCUT2D eigenvalue weighted by Crippen LogP contribution is -2.27.